The van der Waals surface area contributed by atoms with Crippen molar-refractivity contribution in [1.29, 1.82) is 0 Å². The first-order valence-corrected chi connectivity index (χ1v) is 9.64. The minimum Gasteiger partial charge on any atom is -0.441 e. The van der Waals surface area contributed by atoms with E-state index in [2.05, 4.69) is 15.7 Å². The fourth-order valence-electron chi connectivity index (χ4n) is 3.83. The second-order valence-corrected chi connectivity index (χ2v) is 7.35. The van der Waals surface area contributed by atoms with E-state index in [4.69, 9.17) is 4.42 Å². The summed E-state index contributed by atoms with van der Waals surface area (Å²) in [6, 6.07) is 5.55. The lowest BCUT2D eigenvalue weighted by atomic mass is 9.82. The highest BCUT2D eigenvalue weighted by atomic mass is 19.1. The van der Waals surface area contributed by atoms with Gasteiger partial charge in [-0.2, -0.15) is 5.01 Å². The quantitative estimate of drug-likeness (QED) is 0.751. The van der Waals surface area contributed by atoms with Crippen LogP contribution in [0.3, 0.4) is 0 Å². The molecule has 1 spiro atoms. The summed E-state index contributed by atoms with van der Waals surface area (Å²) in [5, 5.41) is 3.50. The van der Waals surface area contributed by atoms with E-state index >= 15 is 0 Å². The lowest BCUT2D eigenvalue weighted by Gasteiger charge is -2.30. The standard InChI is InChI=1S/C20H21FN4O4/c21-14-7-3-2-6-13(14)15-12-22-17(29-15)9-8-16(26)24-25-18(27)20(23-19(25)28)10-4-1-5-11-20/h2-3,6-7,12H,1,4-5,8-11H2,(H,23,28)(H,24,26). The van der Waals surface area contributed by atoms with Crippen molar-refractivity contribution in [2.24, 2.45) is 0 Å². The number of hydrogen-bond acceptors (Lipinski definition) is 5. The molecule has 8 nitrogen and oxygen atoms in total. The van der Waals surface area contributed by atoms with Crippen molar-refractivity contribution in [1.82, 2.24) is 20.7 Å². The van der Waals surface area contributed by atoms with Gasteiger partial charge in [-0.25, -0.2) is 14.2 Å². The van der Waals surface area contributed by atoms with Crippen LogP contribution < -0.4 is 10.7 Å². The van der Waals surface area contributed by atoms with Crippen molar-refractivity contribution in [3.63, 3.8) is 0 Å². The molecule has 1 aliphatic carbocycles. The predicted octanol–water partition coefficient (Wildman–Crippen LogP) is 2.70. The first kappa shape index (κ1) is 19.1. The molecule has 9 heteroatoms. The highest BCUT2D eigenvalue weighted by molar-refractivity contribution is 6.08. The molecule has 4 amide bonds. The van der Waals surface area contributed by atoms with E-state index in [9.17, 15) is 18.8 Å². The molecule has 2 N–H and O–H groups in total. The second-order valence-electron chi connectivity index (χ2n) is 7.35. The summed E-state index contributed by atoms with van der Waals surface area (Å²) >= 11 is 0. The number of amides is 4. The van der Waals surface area contributed by atoms with Gasteiger partial charge in [0.05, 0.1) is 11.8 Å². The minimum atomic E-state index is -0.889. The number of nitrogens with one attached hydrogen (secondary N) is 2. The van der Waals surface area contributed by atoms with Crippen molar-refractivity contribution in [2.75, 3.05) is 0 Å². The number of benzene rings is 1. The summed E-state index contributed by atoms with van der Waals surface area (Å²) in [4.78, 5) is 41.1. The lowest BCUT2D eigenvalue weighted by molar-refractivity contribution is -0.139. The lowest BCUT2D eigenvalue weighted by Crippen LogP contribution is -2.51. The fourth-order valence-corrected chi connectivity index (χ4v) is 3.83. The molecule has 1 saturated heterocycles. The molecule has 0 radical (unpaired) electrons. The SMILES string of the molecule is O=C(CCc1ncc(-c2ccccc2F)o1)NN1C(=O)NC2(CCCCC2)C1=O. The molecular weight excluding hydrogens is 379 g/mol. The van der Waals surface area contributed by atoms with Gasteiger partial charge >= 0.3 is 6.03 Å². The third kappa shape index (κ3) is 3.72. The average molecular weight is 400 g/mol. The molecule has 0 atom stereocenters. The first-order valence-electron chi connectivity index (χ1n) is 9.64. The van der Waals surface area contributed by atoms with Crippen LogP contribution in [0.25, 0.3) is 11.3 Å². The van der Waals surface area contributed by atoms with Crippen LogP contribution in [0.15, 0.2) is 34.9 Å². The summed E-state index contributed by atoms with van der Waals surface area (Å²) in [6.45, 7) is 0. The van der Waals surface area contributed by atoms with E-state index in [1.807, 2.05) is 0 Å². The number of hydrazine groups is 1. The number of imide groups is 1. The molecule has 2 fully saturated rings. The van der Waals surface area contributed by atoms with E-state index in [1.165, 1.54) is 12.3 Å². The Hall–Kier alpha value is -3.23. The van der Waals surface area contributed by atoms with Crippen LogP contribution in [0.5, 0.6) is 0 Å². The number of carbonyl (C=O) groups excluding carboxylic acids is 3. The fraction of sp³-hybridized carbons (Fsp3) is 0.400. The van der Waals surface area contributed by atoms with Gasteiger partial charge in [0.25, 0.3) is 5.91 Å². The number of nitrogens with zero attached hydrogens (tertiary/aromatic N) is 2. The highest BCUT2D eigenvalue weighted by Crippen LogP contribution is 2.33. The Morgan fingerprint density at radius 1 is 1.24 bits per heavy atom. The molecule has 0 unspecified atom stereocenters. The Balaban J connectivity index is 1.34. The topological polar surface area (TPSA) is 105 Å². The Bertz CT molecular complexity index is 951. The molecule has 152 valence electrons. The van der Waals surface area contributed by atoms with Crippen molar-refractivity contribution < 1.29 is 23.2 Å². The number of aromatic nitrogens is 1. The molecule has 1 aliphatic heterocycles. The van der Waals surface area contributed by atoms with Crippen molar-refractivity contribution in [3.8, 4) is 11.3 Å². The Kier molecular flexibility index (Phi) is 5.04. The third-order valence-electron chi connectivity index (χ3n) is 5.36. The zero-order chi connectivity index (χ0) is 20.4. The normalized spacial score (nSPS) is 18.2. The first-order chi connectivity index (χ1) is 14.0. The van der Waals surface area contributed by atoms with Gasteiger partial charge in [0.15, 0.2) is 11.7 Å². The molecule has 2 aromatic rings. The Morgan fingerprint density at radius 3 is 2.76 bits per heavy atom. The number of hydrogen-bond donors (Lipinski definition) is 2. The Labute approximate surface area is 166 Å². The number of aryl methyl sites for hydroxylation is 1. The van der Waals surface area contributed by atoms with Crippen LogP contribution in [0.1, 0.15) is 44.4 Å². The van der Waals surface area contributed by atoms with Gasteiger partial charge in [-0.1, -0.05) is 31.4 Å². The second kappa shape index (κ2) is 7.65. The van der Waals surface area contributed by atoms with Gasteiger partial charge in [-0.15, -0.1) is 0 Å². The molecule has 2 heterocycles. The molecule has 1 saturated carbocycles. The zero-order valence-electron chi connectivity index (χ0n) is 15.7. The summed E-state index contributed by atoms with van der Waals surface area (Å²) in [7, 11) is 0. The van der Waals surface area contributed by atoms with E-state index in [1.54, 1.807) is 18.2 Å². The van der Waals surface area contributed by atoms with Gasteiger partial charge in [0.2, 0.25) is 5.91 Å². The van der Waals surface area contributed by atoms with Crippen molar-refractivity contribution in [2.45, 2.75) is 50.5 Å². The number of rotatable bonds is 5. The monoisotopic (exact) mass is 400 g/mol. The molecule has 29 heavy (non-hydrogen) atoms. The smallest absolute Gasteiger partial charge is 0.344 e. The molecule has 2 aliphatic rings. The molecule has 1 aromatic carbocycles. The Morgan fingerprint density at radius 2 is 2.00 bits per heavy atom. The number of oxazole rings is 1. The maximum Gasteiger partial charge on any atom is 0.344 e. The van der Waals surface area contributed by atoms with Gasteiger partial charge in [0, 0.05) is 12.8 Å². The number of halogens is 1. The van der Waals surface area contributed by atoms with Crippen LogP contribution in [-0.2, 0) is 16.0 Å². The minimum absolute atomic E-state index is 0.0404. The third-order valence-corrected chi connectivity index (χ3v) is 5.36. The maximum absolute atomic E-state index is 13.8. The summed E-state index contributed by atoms with van der Waals surface area (Å²) in [5.41, 5.74) is 1.77. The van der Waals surface area contributed by atoms with Crippen LogP contribution >= 0.6 is 0 Å². The van der Waals surface area contributed by atoms with E-state index in [-0.39, 0.29) is 30.1 Å². The van der Waals surface area contributed by atoms with E-state index in [0.29, 0.717) is 12.8 Å². The van der Waals surface area contributed by atoms with Gasteiger partial charge in [-0.05, 0) is 25.0 Å². The maximum atomic E-state index is 13.8. The molecular formula is C20H21FN4O4. The largest absolute Gasteiger partial charge is 0.441 e. The molecule has 4 rings (SSSR count). The van der Waals surface area contributed by atoms with Crippen LogP contribution in [0.2, 0.25) is 0 Å². The number of urea groups is 1. The summed E-state index contributed by atoms with van der Waals surface area (Å²) < 4.78 is 19.3. The van der Waals surface area contributed by atoms with Crippen LogP contribution in [0.4, 0.5) is 9.18 Å². The zero-order valence-corrected chi connectivity index (χ0v) is 15.7. The van der Waals surface area contributed by atoms with E-state index in [0.717, 1.165) is 24.3 Å². The van der Waals surface area contributed by atoms with Crippen LogP contribution in [0, 0.1) is 5.82 Å². The average Bonchev–Trinajstić information content (AvgIpc) is 3.27. The van der Waals surface area contributed by atoms with E-state index < -0.39 is 29.2 Å². The number of carbonyl (C=O) groups is 3. The van der Waals surface area contributed by atoms with Crippen molar-refractivity contribution >= 4 is 17.8 Å². The highest BCUT2D eigenvalue weighted by Gasteiger charge is 2.52. The molecule has 1 aromatic heterocycles. The predicted molar refractivity (Wildman–Crippen MR) is 99.6 cm³/mol. The van der Waals surface area contributed by atoms with Crippen LogP contribution in [-0.4, -0.2) is 33.4 Å². The van der Waals surface area contributed by atoms with Crippen molar-refractivity contribution in [3.05, 3.63) is 42.2 Å². The van der Waals surface area contributed by atoms with Gasteiger partial charge < -0.3 is 9.73 Å². The summed E-state index contributed by atoms with van der Waals surface area (Å²) in [6.07, 6.45) is 5.43. The van der Waals surface area contributed by atoms with Gasteiger partial charge in [-0.3, -0.25) is 15.0 Å². The molecule has 0 bridgehead atoms. The summed E-state index contributed by atoms with van der Waals surface area (Å²) in [5.74, 6) is -0.810. The van der Waals surface area contributed by atoms with Gasteiger partial charge in [0.1, 0.15) is 11.4 Å².